The van der Waals surface area contributed by atoms with Crippen molar-refractivity contribution in [3.05, 3.63) is 45.0 Å². The van der Waals surface area contributed by atoms with E-state index in [2.05, 4.69) is 47.6 Å². The van der Waals surface area contributed by atoms with Crippen molar-refractivity contribution < 1.29 is 9.53 Å². The van der Waals surface area contributed by atoms with Crippen LogP contribution in [0.4, 0.5) is 11.5 Å². The number of benzene rings is 1. The van der Waals surface area contributed by atoms with Crippen LogP contribution in [-0.4, -0.2) is 18.0 Å². The molecule has 0 saturated carbocycles. The summed E-state index contributed by atoms with van der Waals surface area (Å²) in [5.41, 5.74) is 3.30. The van der Waals surface area contributed by atoms with Gasteiger partial charge in [-0.3, -0.25) is 4.79 Å². The number of hydrazine groups is 1. The van der Waals surface area contributed by atoms with Crippen LogP contribution < -0.4 is 21.3 Å². The van der Waals surface area contributed by atoms with Gasteiger partial charge in [0.1, 0.15) is 5.75 Å². The van der Waals surface area contributed by atoms with Gasteiger partial charge in [0, 0.05) is 21.2 Å². The molecule has 0 unspecified atom stereocenters. The van der Waals surface area contributed by atoms with Gasteiger partial charge in [-0.15, -0.1) is 0 Å². The Kier molecular flexibility index (Phi) is 5.16. The molecule has 0 aliphatic heterocycles. The zero-order chi connectivity index (χ0) is 15.4. The fourth-order valence-electron chi connectivity index (χ4n) is 1.64. The summed E-state index contributed by atoms with van der Waals surface area (Å²) in [5, 5.41) is 2.78. The number of anilines is 2. The maximum atomic E-state index is 12.4. The molecule has 0 bridgehead atoms. The molecule has 0 aliphatic rings. The van der Waals surface area contributed by atoms with Crippen LogP contribution in [-0.2, 0) is 0 Å². The Hall–Kier alpha value is -1.64. The number of nitrogens with zero attached hydrogens (tertiary/aromatic N) is 1. The van der Waals surface area contributed by atoms with E-state index in [4.69, 9.17) is 10.6 Å². The summed E-state index contributed by atoms with van der Waals surface area (Å²) in [4.78, 5) is 16.4. The van der Waals surface area contributed by atoms with E-state index in [0.29, 0.717) is 21.5 Å². The number of carbonyl (C=O) groups excluding carboxylic acids is 1. The average Bonchev–Trinajstić information content (AvgIpc) is 2.49. The van der Waals surface area contributed by atoms with E-state index in [1.807, 2.05) is 0 Å². The smallest absolute Gasteiger partial charge is 0.259 e. The van der Waals surface area contributed by atoms with Gasteiger partial charge in [0.25, 0.3) is 5.91 Å². The van der Waals surface area contributed by atoms with Gasteiger partial charge in [0.2, 0.25) is 0 Å². The summed E-state index contributed by atoms with van der Waals surface area (Å²) >= 11 is 6.65. The second kappa shape index (κ2) is 6.88. The molecule has 0 spiro atoms. The summed E-state index contributed by atoms with van der Waals surface area (Å²) in [5.74, 6) is 5.95. The number of rotatable bonds is 4. The van der Waals surface area contributed by atoms with Crippen LogP contribution in [0.3, 0.4) is 0 Å². The molecule has 0 fully saturated rings. The molecule has 1 aromatic carbocycles. The van der Waals surface area contributed by atoms with Crippen LogP contribution in [0.15, 0.2) is 39.4 Å². The SMILES string of the molecule is COc1ccc(Br)c(NC(=O)c2cc(Br)cnc2NN)c1. The highest BCUT2D eigenvalue weighted by atomic mass is 79.9. The third-order valence-corrected chi connectivity index (χ3v) is 3.78. The van der Waals surface area contributed by atoms with E-state index in [9.17, 15) is 4.79 Å². The highest BCUT2D eigenvalue weighted by molar-refractivity contribution is 9.10. The van der Waals surface area contributed by atoms with Crippen LogP contribution in [0.2, 0.25) is 0 Å². The number of nitrogen functional groups attached to an aromatic ring is 1. The first-order valence-corrected chi connectivity index (χ1v) is 7.40. The van der Waals surface area contributed by atoms with E-state index >= 15 is 0 Å². The van der Waals surface area contributed by atoms with Gasteiger partial charge >= 0.3 is 0 Å². The predicted octanol–water partition coefficient (Wildman–Crippen LogP) is 3.15. The zero-order valence-corrected chi connectivity index (χ0v) is 14.2. The Morgan fingerprint density at radius 3 is 2.76 bits per heavy atom. The lowest BCUT2D eigenvalue weighted by Crippen LogP contribution is -2.18. The maximum Gasteiger partial charge on any atom is 0.259 e. The topological polar surface area (TPSA) is 89.3 Å². The Labute approximate surface area is 138 Å². The van der Waals surface area contributed by atoms with Gasteiger partial charge in [-0.25, -0.2) is 10.8 Å². The summed E-state index contributed by atoms with van der Waals surface area (Å²) in [6.45, 7) is 0. The molecule has 0 radical (unpaired) electrons. The average molecular weight is 416 g/mol. The van der Waals surface area contributed by atoms with E-state index in [0.717, 1.165) is 4.47 Å². The lowest BCUT2D eigenvalue weighted by Gasteiger charge is -2.11. The molecule has 0 atom stereocenters. The minimum atomic E-state index is -0.342. The number of aromatic nitrogens is 1. The van der Waals surface area contributed by atoms with Gasteiger partial charge < -0.3 is 15.5 Å². The third-order valence-electron chi connectivity index (χ3n) is 2.66. The Bertz CT molecular complexity index is 679. The van der Waals surface area contributed by atoms with Crippen molar-refractivity contribution in [1.82, 2.24) is 4.98 Å². The Morgan fingerprint density at radius 2 is 2.10 bits per heavy atom. The molecule has 110 valence electrons. The number of carbonyl (C=O) groups is 1. The normalized spacial score (nSPS) is 10.1. The van der Waals surface area contributed by atoms with Crippen molar-refractivity contribution in [3.63, 3.8) is 0 Å². The van der Waals surface area contributed by atoms with Crippen LogP contribution >= 0.6 is 31.9 Å². The van der Waals surface area contributed by atoms with Crippen molar-refractivity contribution in [2.45, 2.75) is 0 Å². The van der Waals surface area contributed by atoms with Crippen LogP contribution in [0.5, 0.6) is 5.75 Å². The number of amides is 1. The number of methoxy groups -OCH3 is 1. The quantitative estimate of drug-likeness (QED) is 0.527. The molecule has 1 heterocycles. The first-order chi connectivity index (χ1) is 10.0. The van der Waals surface area contributed by atoms with Gasteiger partial charge in [0.05, 0.1) is 18.4 Å². The van der Waals surface area contributed by atoms with Gasteiger partial charge in [-0.1, -0.05) is 0 Å². The summed E-state index contributed by atoms with van der Waals surface area (Å²) in [7, 11) is 1.56. The molecule has 1 aromatic heterocycles. The zero-order valence-electron chi connectivity index (χ0n) is 11.0. The number of halogens is 2. The van der Waals surface area contributed by atoms with E-state index in [1.54, 1.807) is 37.6 Å². The fourth-order valence-corrected chi connectivity index (χ4v) is 2.32. The highest BCUT2D eigenvalue weighted by Gasteiger charge is 2.14. The van der Waals surface area contributed by atoms with Crippen molar-refractivity contribution in [2.75, 3.05) is 17.9 Å². The molecule has 8 heteroatoms. The first kappa shape index (κ1) is 15.7. The van der Waals surface area contributed by atoms with E-state index in [1.165, 1.54) is 0 Å². The molecule has 2 aromatic rings. The molecule has 2 rings (SSSR count). The third kappa shape index (κ3) is 3.72. The summed E-state index contributed by atoms with van der Waals surface area (Å²) in [6, 6.07) is 6.91. The minimum Gasteiger partial charge on any atom is -0.497 e. The molecule has 4 N–H and O–H groups in total. The second-order valence-electron chi connectivity index (χ2n) is 3.99. The monoisotopic (exact) mass is 414 g/mol. The fraction of sp³-hybridized carbons (Fsp3) is 0.0769. The molecule has 1 amide bonds. The highest BCUT2D eigenvalue weighted by Crippen LogP contribution is 2.28. The van der Waals surface area contributed by atoms with Crippen LogP contribution in [0.25, 0.3) is 0 Å². The minimum absolute atomic E-state index is 0.287. The number of hydrogen-bond acceptors (Lipinski definition) is 5. The van der Waals surface area contributed by atoms with Gasteiger partial charge in [0.15, 0.2) is 5.82 Å². The molecule has 21 heavy (non-hydrogen) atoms. The Balaban J connectivity index is 2.32. The maximum absolute atomic E-state index is 12.4. The summed E-state index contributed by atoms with van der Waals surface area (Å²) < 4.78 is 6.55. The van der Waals surface area contributed by atoms with Gasteiger partial charge in [-0.05, 0) is 50.1 Å². The van der Waals surface area contributed by atoms with Crippen LogP contribution in [0.1, 0.15) is 10.4 Å². The number of nitrogens with two attached hydrogens (primary N) is 1. The van der Waals surface area contributed by atoms with E-state index in [-0.39, 0.29) is 11.7 Å². The van der Waals surface area contributed by atoms with Gasteiger partial charge in [-0.2, -0.15) is 0 Å². The number of pyridine rings is 1. The first-order valence-electron chi connectivity index (χ1n) is 5.82. The largest absolute Gasteiger partial charge is 0.497 e. The van der Waals surface area contributed by atoms with E-state index < -0.39 is 0 Å². The molecule has 6 nitrogen and oxygen atoms in total. The predicted molar refractivity (Wildman–Crippen MR) is 88.4 cm³/mol. The van der Waals surface area contributed by atoms with Crippen molar-refractivity contribution in [3.8, 4) is 5.75 Å². The number of hydrogen-bond donors (Lipinski definition) is 3. The lowest BCUT2D eigenvalue weighted by atomic mass is 10.2. The van der Waals surface area contributed by atoms with Crippen molar-refractivity contribution in [2.24, 2.45) is 5.84 Å². The summed E-state index contributed by atoms with van der Waals surface area (Å²) in [6.07, 6.45) is 1.55. The Morgan fingerprint density at radius 1 is 1.33 bits per heavy atom. The molecule has 0 aliphatic carbocycles. The van der Waals surface area contributed by atoms with Crippen LogP contribution in [0, 0.1) is 0 Å². The standard InChI is InChI=1S/C13H12Br2N4O2/c1-21-8-2-3-10(15)11(5-8)18-13(20)9-4-7(14)6-17-12(9)19-16/h2-6H,16H2,1H3,(H,17,19)(H,18,20). The van der Waals surface area contributed by atoms with Crippen molar-refractivity contribution in [1.29, 1.82) is 0 Å². The molecular formula is C13H12Br2N4O2. The molecule has 0 saturated heterocycles. The van der Waals surface area contributed by atoms with Crippen molar-refractivity contribution >= 4 is 49.3 Å². The second-order valence-corrected chi connectivity index (χ2v) is 5.76. The number of nitrogens with one attached hydrogen (secondary N) is 2. The lowest BCUT2D eigenvalue weighted by molar-refractivity contribution is 0.102. The number of ether oxygens (including phenoxy) is 1. The molecular weight excluding hydrogens is 404 g/mol.